The SMILES string of the molecule is N#Cc1ccc(C(=O)N2CCSc3ccc(N)cc32)cc1. The number of nitriles is 1. The van der Waals surface area contributed by atoms with Gasteiger partial charge in [-0.25, -0.2) is 0 Å². The number of thioether (sulfide) groups is 1. The Hall–Kier alpha value is -2.45. The van der Waals surface area contributed by atoms with Crippen molar-refractivity contribution in [1.82, 2.24) is 0 Å². The van der Waals surface area contributed by atoms with Crippen molar-refractivity contribution >= 4 is 29.0 Å². The monoisotopic (exact) mass is 295 g/mol. The second kappa shape index (κ2) is 5.51. The van der Waals surface area contributed by atoms with E-state index in [0.717, 1.165) is 16.3 Å². The van der Waals surface area contributed by atoms with Crippen molar-refractivity contribution in [3.8, 4) is 6.07 Å². The number of amides is 1. The third-order valence-corrected chi connectivity index (χ3v) is 4.40. The van der Waals surface area contributed by atoms with Gasteiger partial charge in [0.05, 0.1) is 17.3 Å². The highest BCUT2D eigenvalue weighted by Crippen LogP contribution is 2.36. The standard InChI is InChI=1S/C16H13N3OS/c17-10-11-1-3-12(4-2-11)16(20)19-7-8-21-15-6-5-13(18)9-14(15)19/h1-6,9H,7-8,18H2. The molecule has 1 heterocycles. The molecule has 0 saturated carbocycles. The van der Waals surface area contributed by atoms with Gasteiger partial charge in [-0.3, -0.25) is 4.79 Å². The molecule has 3 rings (SSSR count). The number of carbonyl (C=O) groups is 1. The topological polar surface area (TPSA) is 70.1 Å². The highest BCUT2D eigenvalue weighted by atomic mass is 32.2. The van der Waals surface area contributed by atoms with E-state index in [9.17, 15) is 4.79 Å². The zero-order chi connectivity index (χ0) is 14.8. The van der Waals surface area contributed by atoms with Gasteiger partial charge in [0.25, 0.3) is 5.91 Å². The number of nitrogen functional groups attached to an aromatic ring is 1. The van der Waals surface area contributed by atoms with Gasteiger partial charge >= 0.3 is 0 Å². The summed E-state index contributed by atoms with van der Waals surface area (Å²) in [5.74, 6) is 0.797. The molecule has 0 aromatic heterocycles. The van der Waals surface area contributed by atoms with Gasteiger partial charge in [0.2, 0.25) is 0 Å². The number of anilines is 2. The van der Waals surface area contributed by atoms with E-state index in [4.69, 9.17) is 11.0 Å². The van der Waals surface area contributed by atoms with E-state index in [1.54, 1.807) is 40.9 Å². The first-order valence-electron chi connectivity index (χ1n) is 6.53. The zero-order valence-electron chi connectivity index (χ0n) is 11.2. The number of carbonyl (C=O) groups excluding carboxylic acids is 1. The smallest absolute Gasteiger partial charge is 0.258 e. The Morgan fingerprint density at radius 2 is 2.00 bits per heavy atom. The molecule has 0 saturated heterocycles. The van der Waals surface area contributed by atoms with E-state index < -0.39 is 0 Å². The lowest BCUT2D eigenvalue weighted by molar-refractivity contribution is 0.0987. The summed E-state index contributed by atoms with van der Waals surface area (Å²) >= 11 is 1.73. The Bertz CT molecular complexity index is 734. The lowest BCUT2D eigenvalue weighted by atomic mass is 10.1. The largest absolute Gasteiger partial charge is 0.399 e. The third-order valence-electron chi connectivity index (χ3n) is 3.35. The highest BCUT2D eigenvalue weighted by Gasteiger charge is 2.24. The fourth-order valence-corrected chi connectivity index (χ4v) is 3.26. The summed E-state index contributed by atoms with van der Waals surface area (Å²) in [7, 11) is 0. The average molecular weight is 295 g/mol. The maximum absolute atomic E-state index is 12.7. The summed E-state index contributed by atoms with van der Waals surface area (Å²) in [6.45, 7) is 0.653. The second-order valence-corrected chi connectivity index (χ2v) is 5.86. The fraction of sp³-hybridized carbons (Fsp3) is 0.125. The van der Waals surface area contributed by atoms with Crippen LogP contribution in [-0.4, -0.2) is 18.2 Å². The quantitative estimate of drug-likeness (QED) is 0.821. The molecule has 2 aromatic carbocycles. The Labute approximate surface area is 127 Å². The summed E-state index contributed by atoms with van der Waals surface area (Å²) < 4.78 is 0. The van der Waals surface area contributed by atoms with E-state index in [0.29, 0.717) is 23.4 Å². The van der Waals surface area contributed by atoms with Gasteiger partial charge in [0, 0.05) is 28.4 Å². The lowest BCUT2D eigenvalue weighted by Gasteiger charge is -2.29. The van der Waals surface area contributed by atoms with Gasteiger partial charge < -0.3 is 10.6 Å². The van der Waals surface area contributed by atoms with Crippen LogP contribution in [0.4, 0.5) is 11.4 Å². The van der Waals surface area contributed by atoms with Crippen molar-refractivity contribution in [3.05, 3.63) is 53.6 Å². The number of rotatable bonds is 1. The Balaban J connectivity index is 1.96. The summed E-state index contributed by atoms with van der Waals surface area (Å²) in [5.41, 5.74) is 8.47. The predicted octanol–water partition coefficient (Wildman–Crippen LogP) is 2.89. The van der Waals surface area contributed by atoms with E-state index in [2.05, 4.69) is 6.07 Å². The van der Waals surface area contributed by atoms with Crippen LogP contribution in [0.15, 0.2) is 47.4 Å². The molecule has 0 unspecified atom stereocenters. The number of hydrogen-bond acceptors (Lipinski definition) is 4. The predicted molar refractivity (Wildman–Crippen MR) is 84.4 cm³/mol. The van der Waals surface area contributed by atoms with E-state index in [-0.39, 0.29) is 5.91 Å². The third kappa shape index (κ3) is 2.58. The van der Waals surface area contributed by atoms with Crippen LogP contribution >= 0.6 is 11.8 Å². The lowest BCUT2D eigenvalue weighted by Crippen LogP contribution is -2.35. The highest BCUT2D eigenvalue weighted by molar-refractivity contribution is 7.99. The van der Waals surface area contributed by atoms with Gasteiger partial charge in [0.1, 0.15) is 0 Å². The van der Waals surface area contributed by atoms with Crippen LogP contribution < -0.4 is 10.6 Å². The second-order valence-electron chi connectivity index (χ2n) is 4.72. The van der Waals surface area contributed by atoms with Crippen molar-refractivity contribution in [1.29, 1.82) is 5.26 Å². The summed E-state index contributed by atoms with van der Waals surface area (Å²) in [4.78, 5) is 15.5. The van der Waals surface area contributed by atoms with Crippen LogP contribution in [0.3, 0.4) is 0 Å². The molecule has 1 amide bonds. The molecule has 0 radical (unpaired) electrons. The first-order chi connectivity index (χ1) is 10.2. The maximum atomic E-state index is 12.7. The van der Waals surface area contributed by atoms with Gasteiger partial charge in [0.15, 0.2) is 0 Å². The Morgan fingerprint density at radius 1 is 1.24 bits per heavy atom. The van der Waals surface area contributed by atoms with Gasteiger partial charge in [-0.1, -0.05) is 0 Å². The van der Waals surface area contributed by atoms with Crippen LogP contribution in [0, 0.1) is 11.3 Å². The average Bonchev–Trinajstić information content (AvgIpc) is 2.53. The van der Waals surface area contributed by atoms with E-state index >= 15 is 0 Å². The van der Waals surface area contributed by atoms with Gasteiger partial charge in [-0.05, 0) is 42.5 Å². The maximum Gasteiger partial charge on any atom is 0.258 e. The molecule has 0 bridgehead atoms. The van der Waals surface area contributed by atoms with Crippen molar-refractivity contribution in [2.45, 2.75) is 4.90 Å². The molecule has 2 N–H and O–H groups in total. The van der Waals surface area contributed by atoms with Crippen molar-refractivity contribution < 1.29 is 4.79 Å². The molecule has 0 atom stereocenters. The van der Waals surface area contributed by atoms with Gasteiger partial charge in [-0.2, -0.15) is 5.26 Å². The molecule has 0 spiro atoms. The number of nitrogens with zero attached hydrogens (tertiary/aromatic N) is 2. The Kier molecular flexibility index (Phi) is 3.55. The summed E-state index contributed by atoms with van der Waals surface area (Å²) in [6, 6.07) is 14.4. The van der Waals surface area contributed by atoms with Crippen LogP contribution in [0.2, 0.25) is 0 Å². The van der Waals surface area contributed by atoms with Crippen LogP contribution in [0.25, 0.3) is 0 Å². The van der Waals surface area contributed by atoms with Gasteiger partial charge in [-0.15, -0.1) is 11.8 Å². The fourth-order valence-electron chi connectivity index (χ4n) is 2.29. The minimum atomic E-state index is -0.0633. The number of fused-ring (bicyclic) bond motifs is 1. The first kappa shape index (κ1) is 13.5. The minimum Gasteiger partial charge on any atom is -0.399 e. The van der Waals surface area contributed by atoms with E-state index in [1.165, 1.54) is 0 Å². The van der Waals surface area contributed by atoms with Crippen LogP contribution in [-0.2, 0) is 0 Å². The molecular weight excluding hydrogens is 282 g/mol. The molecule has 0 fully saturated rings. The van der Waals surface area contributed by atoms with Crippen LogP contribution in [0.1, 0.15) is 15.9 Å². The molecule has 2 aromatic rings. The van der Waals surface area contributed by atoms with E-state index in [1.807, 2.05) is 18.2 Å². The zero-order valence-corrected chi connectivity index (χ0v) is 12.1. The van der Waals surface area contributed by atoms with Crippen molar-refractivity contribution in [2.24, 2.45) is 0 Å². The summed E-state index contributed by atoms with van der Waals surface area (Å²) in [6.07, 6.45) is 0. The van der Waals surface area contributed by atoms with Crippen molar-refractivity contribution in [3.63, 3.8) is 0 Å². The molecule has 0 aliphatic carbocycles. The number of nitrogens with two attached hydrogens (primary N) is 1. The first-order valence-corrected chi connectivity index (χ1v) is 7.52. The molecule has 104 valence electrons. The van der Waals surface area contributed by atoms with Crippen LogP contribution in [0.5, 0.6) is 0 Å². The Morgan fingerprint density at radius 3 is 2.71 bits per heavy atom. The van der Waals surface area contributed by atoms with Crippen molar-refractivity contribution in [2.75, 3.05) is 22.9 Å². The summed E-state index contributed by atoms with van der Waals surface area (Å²) in [5, 5.41) is 8.81. The normalized spacial score (nSPS) is 13.4. The molecule has 4 nitrogen and oxygen atoms in total. The number of benzene rings is 2. The molecule has 5 heteroatoms. The molecule has 1 aliphatic rings. The number of hydrogen-bond donors (Lipinski definition) is 1. The molecule has 1 aliphatic heterocycles. The minimum absolute atomic E-state index is 0.0633. The molecule has 21 heavy (non-hydrogen) atoms. The molecular formula is C16H13N3OS.